The molecular formula is C21H23FN2O2. The second-order valence-corrected chi connectivity index (χ2v) is 7.26. The Balaban J connectivity index is 1.85. The summed E-state index contributed by atoms with van der Waals surface area (Å²) < 4.78 is 13.6. The Labute approximate surface area is 153 Å². The van der Waals surface area contributed by atoms with Crippen molar-refractivity contribution in [2.75, 3.05) is 13.1 Å². The van der Waals surface area contributed by atoms with Gasteiger partial charge in [0.15, 0.2) is 0 Å². The number of carbonyl (C=O) groups is 2. The number of hydrogen-bond acceptors (Lipinski definition) is 2. The van der Waals surface area contributed by atoms with Crippen molar-refractivity contribution in [1.82, 2.24) is 10.2 Å². The maximum absolute atomic E-state index is 13.6. The van der Waals surface area contributed by atoms with Crippen molar-refractivity contribution >= 4 is 11.8 Å². The average Bonchev–Trinajstić information content (AvgIpc) is 2.62. The molecule has 4 nitrogen and oxygen atoms in total. The fourth-order valence-corrected chi connectivity index (χ4v) is 3.41. The summed E-state index contributed by atoms with van der Waals surface area (Å²) in [7, 11) is 0. The molecule has 0 radical (unpaired) electrons. The minimum absolute atomic E-state index is 0.108. The van der Waals surface area contributed by atoms with Crippen molar-refractivity contribution < 1.29 is 14.0 Å². The molecule has 26 heavy (non-hydrogen) atoms. The molecule has 1 atom stereocenters. The summed E-state index contributed by atoms with van der Waals surface area (Å²) in [5.41, 5.74) is 1.20. The number of benzene rings is 2. The topological polar surface area (TPSA) is 49.4 Å². The molecule has 0 bridgehead atoms. The number of rotatable bonds is 4. The van der Waals surface area contributed by atoms with Crippen LogP contribution in [0, 0.1) is 5.82 Å². The molecule has 1 aliphatic rings. The van der Waals surface area contributed by atoms with Gasteiger partial charge in [-0.3, -0.25) is 9.59 Å². The Morgan fingerprint density at radius 2 is 1.92 bits per heavy atom. The summed E-state index contributed by atoms with van der Waals surface area (Å²) in [5.74, 6) is -0.798. The van der Waals surface area contributed by atoms with Gasteiger partial charge in [0, 0.05) is 19.5 Å². The number of nitrogens with one attached hydrogen (secondary N) is 1. The van der Waals surface area contributed by atoms with E-state index in [1.807, 2.05) is 44.2 Å². The molecule has 0 aromatic heterocycles. The summed E-state index contributed by atoms with van der Waals surface area (Å²) in [6.07, 6.45) is 0.274. The first kappa shape index (κ1) is 18.1. The first-order valence-electron chi connectivity index (χ1n) is 8.77. The second-order valence-electron chi connectivity index (χ2n) is 7.26. The van der Waals surface area contributed by atoms with E-state index in [1.54, 1.807) is 17.0 Å². The lowest BCUT2D eigenvalue weighted by atomic mass is 9.81. The lowest BCUT2D eigenvalue weighted by molar-refractivity contribution is -0.144. The predicted octanol–water partition coefficient (Wildman–Crippen LogP) is 3.19. The van der Waals surface area contributed by atoms with Gasteiger partial charge in [0.1, 0.15) is 11.9 Å². The predicted molar refractivity (Wildman–Crippen MR) is 97.9 cm³/mol. The van der Waals surface area contributed by atoms with E-state index in [9.17, 15) is 14.0 Å². The van der Waals surface area contributed by atoms with Crippen molar-refractivity contribution in [3.8, 4) is 0 Å². The van der Waals surface area contributed by atoms with Crippen LogP contribution >= 0.6 is 0 Å². The van der Waals surface area contributed by atoms with Crippen molar-refractivity contribution in [2.24, 2.45) is 0 Å². The van der Waals surface area contributed by atoms with Gasteiger partial charge in [-0.25, -0.2) is 4.39 Å². The molecule has 1 aliphatic heterocycles. The minimum atomic E-state index is -0.793. The Morgan fingerprint density at radius 3 is 2.62 bits per heavy atom. The van der Waals surface area contributed by atoms with E-state index in [1.165, 1.54) is 12.1 Å². The number of amides is 2. The minimum Gasteiger partial charge on any atom is -0.352 e. The molecule has 2 aromatic rings. The molecule has 2 amide bonds. The van der Waals surface area contributed by atoms with Gasteiger partial charge < -0.3 is 10.2 Å². The highest BCUT2D eigenvalue weighted by Crippen LogP contribution is 2.31. The van der Waals surface area contributed by atoms with Gasteiger partial charge in [-0.15, -0.1) is 0 Å². The summed E-state index contributed by atoms with van der Waals surface area (Å²) >= 11 is 0. The largest absolute Gasteiger partial charge is 0.352 e. The molecule has 2 aromatic carbocycles. The van der Waals surface area contributed by atoms with E-state index in [0.29, 0.717) is 18.7 Å². The normalized spacial score (nSPS) is 17.7. The highest BCUT2D eigenvalue weighted by Gasteiger charge is 2.36. The number of nitrogens with zero attached hydrogens (tertiary/aromatic N) is 1. The van der Waals surface area contributed by atoms with Gasteiger partial charge >= 0.3 is 0 Å². The van der Waals surface area contributed by atoms with Crippen molar-refractivity contribution in [1.29, 1.82) is 0 Å². The molecule has 0 unspecified atom stereocenters. The van der Waals surface area contributed by atoms with Crippen LogP contribution < -0.4 is 5.32 Å². The molecule has 1 heterocycles. The Kier molecular flexibility index (Phi) is 5.07. The molecule has 1 N–H and O–H groups in total. The molecule has 136 valence electrons. The molecule has 1 fully saturated rings. The maximum atomic E-state index is 13.6. The van der Waals surface area contributed by atoms with Crippen LogP contribution in [0.3, 0.4) is 0 Å². The van der Waals surface area contributed by atoms with E-state index >= 15 is 0 Å². The van der Waals surface area contributed by atoms with E-state index < -0.39 is 11.9 Å². The van der Waals surface area contributed by atoms with Gasteiger partial charge in [0.05, 0.1) is 0 Å². The van der Waals surface area contributed by atoms with Gasteiger partial charge in [0.2, 0.25) is 11.8 Å². The van der Waals surface area contributed by atoms with Gasteiger partial charge in [-0.1, -0.05) is 56.3 Å². The highest BCUT2D eigenvalue weighted by atomic mass is 19.1. The molecule has 5 heteroatoms. The lowest BCUT2D eigenvalue weighted by Gasteiger charge is -2.37. The fourth-order valence-electron chi connectivity index (χ4n) is 3.41. The number of halogens is 1. The monoisotopic (exact) mass is 354 g/mol. The van der Waals surface area contributed by atoms with Crippen LogP contribution in [0.5, 0.6) is 0 Å². The van der Waals surface area contributed by atoms with Crippen LogP contribution in [-0.4, -0.2) is 29.8 Å². The van der Waals surface area contributed by atoms with Gasteiger partial charge in [-0.2, -0.15) is 0 Å². The van der Waals surface area contributed by atoms with Crippen LogP contribution in [0.15, 0.2) is 54.6 Å². The fraction of sp³-hybridized carbons (Fsp3) is 0.333. The zero-order chi connectivity index (χ0) is 18.7. The van der Waals surface area contributed by atoms with Gasteiger partial charge in [0.25, 0.3) is 0 Å². The maximum Gasteiger partial charge on any atom is 0.247 e. The van der Waals surface area contributed by atoms with Crippen molar-refractivity contribution in [3.63, 3.8) is 0 Å². The van der Waals surface area contributed by atoms with E-state index in [-0.39, 0.29) is 23.7 Å². The molecule has 0 saturated carbocycles. The zero-order valence-corrected chi connectivity index (χ0v) is 15.0. The van der Waals surface area contributed by atoms with Crippen LogP contribution in [0.25, 0.3) is 0 Å². The summed E-state index contributed by atoms with van der Waals surface area (Å²) in [6, 6.07) is 14.9. The first-order chi connectivity index (χ1) is 12.4. The third kappa shape index (κ3) is 3.77. The molecule has 0 aliphatic carbocycles. The van der Waals surface area contributed by atoms with Crippen LogP contribution in [0.4, 0.5) is 4.39 Å². The summed E-state index contributed by atoms with van der Waals surface area (Å²) in [5, 5.41) is 2.77. The molecule has 1 saturated heterocycles. The van der Waals surface area contributed by atoms with E-state index in [4.69, 9.17) is 0 Å². The highest BCUT2D eigenvalue weighted by molar-refractivity contribution is 5.90. The molecule has 3 rings (SSSR count). The third-order valence-electron chi connectivity index (χ3n) is 4.85. The van der Waals surface area contributed by atoms with Gasteiger partial charge in [-0.05, 0) is 28.7 Å². The zero-order valence-electron chi connectivity index (χ0n) is 15.0. The molecule has 0 spiro atoms. The summed E-state index contributed by atoms with van der Waals surface area (Å²) in [4.78, 5) is 27.1. The Bertz CT molecular complexity index is 805. The van der Waals surface area contributed by atoms with Crippen LogP contribution in [0.1, 0.15) is 37.4 Å². The average molecular weight is 354 g/mol. The molecular weight excluding hydrogens is 331 g/mol. The van der Waals surface area contributed by atoms with Crippen molar-refractivity contribution in [2.45, 2.75) is 31.7 Å². The number of piperazine rings is 1. The standard InChI is InChI=1S/C21H23FN2O2/c1-21(2,16-8-4-3-5-9-16)14-18(25)24-12-11-23-20(26)19(24)15-7-6-10-17(22)13-15/h3-10,13,19H,11-12,14H2,1-2H3,(H,23,26)/t19-/m1/s1. The lowest BCUT2D eigenvalue weighted by Crippen LogP contribution is -2.53. The van der Waals surface area contributed by atoms with Crippen molar-refractivity contribution in [3.05, 3.63) is 71.5 Å². The Hall–Kier alpha value is -2.69. The number of carbonyl (C=O) groups excluding carboxylic acids is 2. The smallest absolute Gasteiger partial charge is 0.247 e. The van der Waals surface area contributed by atoms with E-state index in [2.05, 4.69) is 5.32 Å². The second kappa shape index (κ2) is 7.28. The first-order valence-corrected chi connectivity index (χ1v) is 8.77. The Morgan fingerprint density at radius 1 is 1.19 bits per heavy atom. The van der Waals surface area contributed by atoms with Crippen LogP contribution in [0.2, 0.25) is 0 Å². The number of hydrogen-bond donors (Lipinski definition) is 1. The quantitative estimate of drug-likeness (QED) is 0.917. The summed E-state index contributed by atoms with van der Waals surface area (Å²) in [6.45, 7) is 4.85. The third-order valence-corrected chi connectivity index (χ3v) is 4.85. The van der Waals surface area contributed by atoms with E-state index in [0.717, 1.165) is 5.56 Å². The van der Waals surface area contributed by atoms with Crippen LogP contribution in [-0.2, 0) is 15.0 Å². The SMILES string of the molecule is CC(C)(CC(=O)N1CCNC(=O)[C@H]1c1cccc(F)c1)c1ccccc1.